The molecule has 0 unspecified atom stereocenters. The van der Waals surface area contributed by atoms with E-state index in [0.717, 1.165) is 12.3 Å². The average Bonchev–Trinajstić information content (AvgIpc) is 2.45. The van der Waals surface area contributed by atoms with Crippen molar-refractivity contribution in [3.63, 3.8) is 0 Å². The molecule has 0 heterocycles. The highest BCUT2D eigenvalue weighted by molar-refractivity contribution is 8.76. The Morgan fingerprint density at radius 1 is 1.19 bits per heavy atom. The van der Waals surface area contributed by atoms with Gasteiger partial charge < -0.3 is 15.7 Å². The molecule has 4 nitrogen and oxygen atoms in total. The van der Waals surface area contributed by atoms with Crippen LogP contribution in [-0.2, 0) is 11.3 Å². The summed E-state index contributed by atoms with van der Waals surface area (Å²) in [5.41, 5.74) is 2.44. The number of carboxylic acid groups (broad SMARTS) is 1. The molecule has 0 saturated heterocycles. The topological polar surface area (TPSA) is 61.4 Å². The van der Waals surface area contributed by atoms with Crippen molar-refractivity contribution < 1.29 is 9.90 Å². The molecule has 21 heavy (non-hydrogen) atoms. The first-order valence-electron chi connectivity index (χ1n) is 6.61. The van der Waals surface area contributed by atoms with E-state index >= 15 is 0 Å². The second-order valence-corrected chi connectivity index (χ2v) is 7.49. The molecule has 0 saturated carbocycles. The molecule has 0 fully saturated rings. The molecule has 0 spiro atoms. The molecule has 116 valence electrons. The van der Waals surface area contributed by atoms with Gasteiger partial charge in [-0.1, -0.05) is 51.4 Å². The van der Waals surface area contributed by atoms with Gasteiger partial charge in [-0.3, -0.25) is 4.79 Å². The molecule has 0 radical (unpaired) electrons. The third-order valence-corrected chi connectivity index (χ3v) is 5.22. The van der Waals surface area contributed by atoms with Crippen LogP contribution in [0.5, 0.6) is 0 Å². The molecule has 7 heteroatoms. The molecule has 0 bridgehead atoms. The molecule has 0 amide bonds. The van der Waals surface area contributed by atoms with Crippen molar-refractivity contribution >= 4 is 44.9 Å². The van der Waals surface area contributed by atoms with Gasteiger partial charge in [-0.2, -0.15) is 0 Å². The third kappa shape index (κ3) is 9.60. The molecule has 0 aromatic heterocycles. The number of carbonyl (C=O) groups is 1. The molecule has 0 aliphatic carbocycles. The fourth-order valence-corrected chi connectivity index (χ4v) is 3.46. The van der Waals surface area contributed by atoms with Crippen LogP contribution in [0.4, 0.5) is 0 Å². The lowest BCUT2D eigenvalue weighted by Gasteiger charge is -2.10. The smallest absolute Gasteiger partial charge is 0.304 e. The Balaban J connectivity index is 2.01. The minimum Gasteiger partial charge on any atom is -0.481 e. The molecule has 1 aromatic rings. The summed E-state index contributed by atoms with van der Waals surface area (Å²) >= 11 is 5.20. The average molecular weight is 345 g/mol. The lowest BCUT2D eigenvalue weighted by Crippen LogP contribution is -2.35. The van der Waals surface area contributed by atoms with Crippen LogP contribution in [0, 0.1) is 6.92 Å². The normalized spacial score (nSPS) is 10.1. The Morgan fingerprint density at radius 2 is 1.86 bits per heavy atom. The molecule has 3 N–H and O–H groups in total. The van der Waals surface area contributed by atoms with Crippen molar-refractivity contribution in [3.8, 4) is 0 Å². The molecule has 0 aliphatic rings. The van der Waals surface area contributed by atoms with Gasteiger partial charge in [0.25, 0.3) is 0 Å². The summed E-state index contributed by atoms with van der Waals surface area (Å²) in [6.45, 7) is 3.55. The molecule has 0 atom stereocenters. The van der Waals surface area contributed by atoms with Crippen LogP contribution in [0.15, 0.2) is 24.3 Å². The zero-order chi connectivity index (χ0) is 15.5. The van der Waals surface area contributed by atoms with E-state index < -0.39 is 5.97 Å². The molecular formula is C14H20N2O2S3. The minimum atomic E-state index is -0.747. The lowest BCUT2D eigenvalue weighted by atomic mass is 10.1. The summed E-state index contributed by atoms with van der Waals surface area (Å²) in [5.74, 6) is 0.773. The second kappa shape index (κ2) is 10.8. The van der Waals surface area contributed by atoms with Crippen molar-refractivity contribution in [2.75, 3.05) is 18.1 Å². The fraction of sp³-hybridized carbons (Fsp3) is 0.429. The Kier molecular flexibility index (Phi) is 9.29. The second-order valence-electron chi connectivity index (χ2n) is 4.38. The minimum absolute atomic E-state index is 0.210. The van der Waals surface area contributed by atoms with Gasteiger partial charge in [-0.25, -0.2) is 0 Å². The highest BCUT2D eigenvalue weighted by Crippen LogP contribution is 2.20. The van der Waals surface area contributed by atoms with E-state index in [0.29, 0.717) is 17.4 Å². The number of thiocarbonyl (C=S) groups is 1. The molecular weight excluding hydrogens is 324 g/mol. The van der Waals surface area contributed by atoms with E-state index in [1.807, 2.05) is 0 Å². The standard InChI is InChI=1S/C14H20N2O2S3/c1-11-2-4-12(5-3-11)10-16-14(19)15-7-9-21-20-8-6-13(17)18/h2-5H,6-10H2,1H3,(H,17,18)(H2,15,16,19). The number of nitrogens with one attached hydrogen (secondary N) is 2. The Bertz CT molecular complexity index is 452. The summed E-state index contributed by atoms with van der Waals surface area (Å²) in [6.07, 6.45) is 0.210. The van der Waals surface area contributed by atoms with Crippen LogP contribution >= 0.6 is 33.8 Å². The van der Waals surface area contributed by atoms with E-state index in [-0.39, 0.29) is 6.42 Å². The van der Waals surface area contributed by atoms with Crippen LogP contribution in [0.1, 0.15) is 17.5 Å². The van der Waals surface area contributed by atoms with Crippen LogP contribution in [0.3, 0.4) is 0 Å². The lowest BCUT2D eigenvalue weighted by molar-refractivity contribution is -0.136. The largest absolute Gasteiger partial charge is 0.481 e. The highest BCUT2D eigenvalue weighted by atomic mass is 33.1. The van der Waals surface area contributed by atoms with Gasteiger partial charge in [0.05, 0.1) is 6.42 Å². The summed E-state index contributed by atoms with van der Waals surface area (Å²) in [6, 6.07) is 8.33. The number of aryl methyl sites for hydroxylation is 1. The van der Waals surface area contributed by atoms with Gasteiger partial charge >= 0.3 is 5.97 Å². The van der Waals surface area contributed by atoms with Crippen LogP contribution in [0.2, 0.25) is 0 Å². The van der Waals surface area contributed by atoms with Crippen molar-refractivity contribution in [3.05, 3.63) is 35.4 Å². The Morgan fingerprint density at radius 3 is 2.52 bits per heavy atom. The fourth-order valence-electron chi connectivity index (χ4n) is 1.40. The molecule has 1 rings (SSSR count). The van der Waals surface area contributed by atoms with Crippen molar-refractivity contribution in [2.45, 2.75) is 19.9 Å². The first-order chi connectivity index (χ1) is 10.1. The SMILES string of the molecule is Cc1ccc(CNC(=S)NCCSSCCC(=O)O)cc1. The quantitative estimate of drug-likeness (QED) is 0.362. The van der Waals surface area contributed by atoms with E-state index in [4.69, 9.17) is 17.3 Å². The van der Waals surface area contributed by atoms with Crippen molar-refractivity contribution in [2.24, 2.45) is 0 Å². The van der Waals surface area contributed by atoms with E-state index in [9.17, 15) is 4.79 Å². The van der Waals surface area contributed by atoms with Crippen LogP contribution < -0.4 is 10.6 Å². The van der Waals surface area contributed by atoms with Gasteiger partial charge in [0, 0.05) is 24.6 Å². The summed E-state index contributed by atoms with van der Waals surface area (Å²) < 4.78 is 0. The summed E-state index contributed by atoms with van der Waals surface area (Å²) in [7, 11) is 3.23. The van der Waals surface area contributed by atoms with Gasteiger partial charge in [-0.15, -0.1) is 0 Å². The maximum Gasteiger partial charge on any atom is 0.304 e. The molecule has 0 aliphatic heterocycles. The summed E-state index contributed by atoms with van der Waals surface area (Å²) in [5, 5.41) is 15.4. The predicted octanol–water partition coefficient (Wildman–Crippen LogP) is 2.82. The van der Waals surface area contributed by atoms with Crippen molar-refractivity contribution in [1.82, 2.24) is 10.6 Å². The Labute approximate surface area is 138 Å². The van der Waals surface area contributed by atoms with Crippen LogP contribution in [-0.4, -0.2) is 34.2 Å². The predicted molar refractivity (Wildman–Crippen MR) is 95.8 cm³/mol. The van der Waals surface area contributed by atoms with Crippen molar-refractivity contribution in [1.29, 1.82) is 0 Å². The summed E-state index contributed by atoms with van der Waals surface area (Å²) in [4.78, 5) is 10.3. The first kappa shape index (κ1) is 18.1. The number of aliphatic carboxylic acids is 1. The van der Waals surface area contributed by atoms with E-state index in [2.05, 4.69) is 41.8 Å². The maximum absolute atomic E-state index is 10.3. The first-order valence-corrected chi connectivity index (χ1v) is 9.51. The number of benzene rings is 1. The highest BCUT2D eigenvalue weighted by Gasteiger charge is 1.99. The number of hydrogen-bond acceptors (Lipinski definition) is 4. The number of rotatable bonds is 9. The maximum atomic E-state index is 10.3. The van der Waals surface area contributed by atoms with Gasteiger partial charge in [-0.05, 0) is 24.7 Å². The van der Waals surface area contributed by atoms with Gasteiger partial charge in [0.2, 0.25) is 0 Å². The monoisotopic (exact) mass is 344 g/mol. The van der Waals surface area contributed by atoms with E-state index in [1.54, 1.807) is 21.6 Å². The Hall–Kier alpha value is -0.920. The number of carboxylic acids is 1. The number of hydrogen-bond donors (Lipinski definition) is 3. The van der Waals surface area contributed by atoms with E-state index in [1.165, 1.54) is 11.1 Å². The van der Waals surface area contributed by atoms with Gasteiger partial charge in [0.1, 0.15) is 0 Å². The van der Waals surface area contributed by atoms with Crippen LogP contribution in [0.25, 0.3) is 0 Å². The zero-order valence-corrected chi connectivity index (χ0v) is 14.4. The third-order valence-electron chi connectivity index (χ3n) is 2.53. The zero-order valence-electron chi connectivity index (χ0n) is 11.9. The van der Waals surface area contributed by atoms with Gasteiger partial charge in [0.15, 0.2) is 5.11 Å². The molecule has 1 aromatic carbocycles.